The molecule has 112 valence electrons. The normalized spacial score (nSPS) is 13.3. The number of nitrogens with one attached hydrogen (secondary N) is 1. The van der Waals surface area contributed by atoms with Gasteiger partial charge in [-0.2, -0.15) is 10.6 Å². The van der Waals surface area contributed by atoms with Gasteiger partial charge in [-0.05, 0) is 36.8 Å². The molecule has 0 aliphatic rings. The van der Waals surface area contributed by atoms with Crippen LogP contribution in [0.4, 0.5) is 4.39 Å². The van der Waals surface area contributed by atoms with Crippen molar-refractivity contribution in [3.05, 3.63) is 59.9 Å². The first-order chi connectivity index (χ1) is 9.82. The summed E-state index contributed by atoms with van der Waals surface area (Å²) in [7, 11) is -5.59. The van der Waals surface area contributed by atoms with Gasteiger partial charge < -0.3 is 8.99 Å². The maximum absolute atomic E-state index is 13.2. The summed E-state index contributed by atoms with van der Waals surface area (Å²) >= 11 is 0. The van der Waals surface area contributed by atoms with E-state index in [1.54, 1.807) is 6.07 Å². The molecule has 1 atom stereocenters. The lowest BCUT2D eigenvalue weighted by Gasteiger charge is -2.14. The Kier molecular flexibility index (Phi) is 4.43. The second-order valence-corrected chi connectivity index (χ2v) is 7.76. The van der Waals surface area contributed by atoms with Gasteiger partial charge in [0.2, 0.25) is 0 Å². The molecule has 0 heterocycles. The Hall–Kier alpha value is -1.73. The first-order valence-corrected chi connectivity index (χ1v) is 8.74. The fraction of sp³-hybridized carbons (Fsp3) is 0.143. The van der Waals surface area contributed by atoms with Crippen molar-refractivity contribution in [3.63, 3.8) is 0 Å². The van der Waals surface area contributed by atoms with E-state index < -0.39 is 31.5 Å². The van der Waals surface area contributed by atoms with Gasteiger partial charge in [0.1, 0.15) is 5.82 Å². The molecule has 0 bridgehead atoms. The van der Waals surface area contributed by atoms with Gasteiger partial charge in [0.25, 0.3) is 0 Å². The molecule has 0 spiro atoms. The number of rotatable bonds is 4. The summed E-state index contributed by atoms with van der Waals surface area (Å²) < 4.78 is 56.2. The minimum absolute atomic E-state index is 0.0495. The van der Waals surface area contributed by atoms with E-state index in [9.17, 15) is 17.0 Å². The first-order valence-electron chi connectivity index (χ1n) is 6.05. The van der Waals surface area contributed by atoms with Crippen LogP contribution in [-0.2, 0) is 24.6 Å². The predicted molar refractivity (Wildman–Crippen MR) is 77.5 cm³/mol. The fourth-order valence-corrected chi connectivity index (χ4v) is 3.71. The molecule has 1 N–H and O–H groups in total. The maximum Gasteiger partial charge on any atom is 0.185 e. The van der Waals surface area contributed by atoms with Gasteiger partial charge >= 0.3 is 0 Å². The zero-order valence-corrected chi connectivity index (χ0v) is 12.7. The van der Waals surface area contributed by atoms with Crippen LogP contribution >= 0.6 is 0 Å². The molecule has 2 aromatic rings. The zero-order valence-electron chi connectivity index (χ0n) is 11.1. The molecule has 0 saturated carbocycles. The lowest BCUT2D eigenvalue weighted by atomic mass is 10.2. The molecule has 2 aromatic carbocycles. The van der Waals surface area contributed by atoms with E-state index in [0.29, 0.717) is 5.56 Å². The smallest absolute Gasteiger partial charge is 0.185 e. The molecule has 0 amide bonds. The predicted octanol–water partition coefficient (Wildman–Crippen LogP) is 3.45. The van der Waals surface area contributed by atoms with E-state index in [2.05, 4.69) is 0 Å². The Bertz CT molecular complexity index is 820. The third-order valence-corrected chi connectivity index (χ3v) is 5.98. The van der Waals surface area contributed by atoms with Crippen molar-refractivity contribution in [1.29, 1.82) is 4.78 Å². The molecule has 4 nitrogen and oxygen atoms in total. The van der Waals surface area contributed by atoms with Crippen LogP contribution in [0.1, 0.15) is 17.7 Å². The van der Waals surface area contributed by atoms with Gasteiger partial charge in [0.05, 0.1) is 10.1 Å². The highest BCUT2D eigenvalue weighted by Gasteiger charge is 2.24. The number of benzene rings is 2. The van der Waals surface area contributed by atoms with Crippen LogP contribution in [0.25, 0.3) is 0 Å². The number of sulfone groups is 1. The van der Waals surface area contributed by atoms with Gasteiger partial charge in [-0.25, -0.2) is 12.8 Å². The Morgan fingerprint density at radius 1 is 1.14 bits per heavy atom. The van der Waals surface area contributed by atoms with Crippen molar-refractivity contribution >= 4 is 20.4 Å². The summed E-state index contributed by atoms with van der Waals surface area (Å²) in [6.07, 6.45) is 0. The maximum atomic E-state index is 13.2. The van der Waals surface area contributed by atoms with Gasteiger partial charge in [-0.15, -0.1) is 0 Å². The summed E-state index contributed by atoms with van der Waals surface area (Å²) in [5.74, 6) is -0.491. The second kappa shape index (κ2) is 5.95. The second-order valence-electron chi connectivity index (χ2n) is 4.48. The van der Waals surface area contributed by atoms with Gasteiger partial charge in [0.15, 0.2) is 9.84 Å². The SMILES string of the molecule is CC(c1cccc(F)c1)S(=O)(=O)c1ccc([S-](=N)=O)cc1. The molecule has 7 heteroatoms. The molecule has 0 aliphatic heterocycles. The van der Waals surface area contributed by atoms with Gasteiger partial charge in [-0.1, -0.05) is 29.2 Å². The summed E-state index contributed by atoms with van der Waals surface area (Å²) in [4.78, 5) is 0.279. The van der Waals surface area contributed by atoms with Crippen molar-refractivity contribution in [1.82, 2.24) is 0 Å². The number of hydrogen-bond donors (Lipinski definition) is 1. The van der Waals surface area contributed by atoms with Crippen molar-refractivity contribution in [2.45, 2.75) is 22.0 Å². The van der Waals surface area contributed by atoms with Gasteiger partial charge in [0, 0.05) is 0 Å². The average Bonchev–Trinajstić information content (AvgIpc) is 2.46. The van der Waals surface area contributed by atoms with Crippen LogP contribution < -0.4 is 0 Å². The first kappa shape index (κ1) is 15.7. The molecular weight excluding hydrogens is 313 g/mol. The van der Waals surface area contributed by atoms with Crippen LogP contribution in [0.2, 0.25) is 0 Å². The Balaban J connectivity index is 2.41. The van der Waals surface area contributed by atoms with E-state index in [-0.39, 0.29) is 9.79 Å². The molecule has 2 rings (SSSR count). The minimum atomic E-state index is -3.68. The zero-order chi connectivity index (χ0) is 15.6. The fourth-order valence-electron chi connectivity index (χ4n) is 1.90. The van der Waals surface area contributed by atoms with Crippen molar-refractivity contribution < 1.29 is 17.0 Å². The molecule has 21 heavy (non-hydrogen) atoms. The monoisotopic (exact) mass is 326 g/mol. The van der Waals surface area contributed by atoms with Crippen molar-refractivity contribution in [3.8, 4) is 0 Å². The number of hydrogen-bond acceptors (Lipinski definition) is 5. The highest BCUT2D eigenvalue weighted by Crippen LogP contribution is 2.29. The van der Waals surface area contributed by atoms with E-state index in [1.807, 2.05) is 0 Å². The topological polar surface area (TPSA) is 75.1 Å². The molecule has 0 aromatic heterocycles. The van der Waals surface area contributed by atoms with Crippen LogP contribution in [0.5, 0.6) is 0 Å². The quantitative estimate of drug-likeness (QED) is 0.874. The van der Waals surface area contributed by atoms with Crippen LogP contribution in [0, 0.1) is 10.6 Å². The van der Waals surface area contributed by atoms with Crippen LogP contribution in [-0.4, -0.2) is 8.42 Å². The van der Waals surface area contributed by atoms with E-state index in [1.165, 1.54) is 49.4 Å². The average molecular weight is 326 g/mol. The summed E-state index contributed by atoms with van der Waals surface area (Å²) in [5.41, 5.74) is 0.364. The molecule has 1 unspecified atom stereocenters. The van der Waals surface area contributed by atoms with E-state index >= 15 is 0 Å². The molecule has 0 aliphatic carbocycles. The van der Waals surface area contributed by atoms with E-state index in [4.69, 9.17) is 4.78 Å². The lowest BCUT2D eigenvalue weighted by molar-refractivity contribution is 0.584. The van der Waals surface area contributed by atoms with E-state index in [0.717, 1.165) is 0 Å². The molecule has 0 saturated heterocycles. The highest BCUT2D eigenvalue weighted by molar-refractivity contribution is 7.91. The largest absolute Gasteiger partial charge is 0.440 e. The van der Waals surface area contributed by atoms with Crippen LogP contribution in [0.3, 0.4) is 0 Å². The van der Waals surface area contributed by atoms with Crippen molar-refractivity contribution in [2.75, 3.05) is 0 Å². The lowest BCUT2D eigenvalue weighted by Crippen LogP contribution is -2.11. The molecule has 0 radical (unpaired) electrons. The Morgan fingerprint density at radius 3 is 2.29 bits per heavy atom. The van der Waals surface area contributed by atoms with Gasteiger partial charge in [-0.3, -0.25) is 0 Å². The third-order valence-electron chi connectivity index (χ3n) is 3.15. The minimum Gasteiger partial charge on any atom is -0.440 e. The summed E-state index contributed by atoms with van der Waals surface area (Å²) in [6.45, 7) is 1.49. The standard InChI is InChI=1S/C14H13FNO3S2/c1-10(11-3-2-4-12(15)9-11)21(18,19)14-7-5-13(6-8-14)20(16)17/h2-10,16H,1H3/q-1. The summed E-state index contributed by atoms with van der Waals surface area (Å²) in [6, 6.07) is 10.8. The Labute approximate surface area is 124 Å². The molecular formula is C14H13FNO3S2-. The van der Waals surface area contributed by atoms with Crippen LogP contribution in [0.15, 0.2) is 58.3 Å². The highest BCUT2D eigenvalue weighted by atomic mass is 32.2. The van der Waals surface area contributed by atoms with Crippen molar-refractivity contribution in [2.24, 2.45) is 0 Å². The number of halogens is 1. The Morgan fingerprint density at radius 2 is 1.76 bits per heavy atom. The molecule has 0 fully saturated rings. The third kappa shape index (κ3) is 3.30. The summed E-state index contributed by atoms with van der Waals surface area (Å²) in [5, 5.41) is -0.902.